The van der Waals surface area contributed by atoms with E-state index in [1.165, 1.54) is 0 Å². The predicted molar refractivity (Wildman–Crippen MR) is 137 cm³/mol. The van der Waals surface area contributed by atoms with Crippen LogP contribution in [0.2, 0.25) is 0 Å². The number of hydrogen-bond donors (Lipinski definition) is 3. The number of likely N-dealkylation sites (tertiary alicyclic amines) is 1. The number of amides is 1. The number of carboxylic acid groups (broad SMARTS) is 1. The summed E-state index contributed by atoms with van der Waals surface area (Å²) in [4.78, 5) is 26.5. The van der Waals surface area contributed by atoms with Crippen LogP contribution in [-0.4, -0.2) is 55.5 Å². The first kappa shape index (κ1) is 29.0. The molecule has 2 atom stereocenters. The molecule has 2 aromatic carbocycles. The zero-order valence-electron chi connectivity index (χ0n) is 21.2. The third kappa shape index (κ3) is 7.37. The van der Waals surface area contributed by atoms with E-state index in [2.05, 4.69) is 10.0 Å². The highest BCUT2D eigenvalue weighted by molar-refractivity contribution is 7.89. The van der Waals surface area contributed by atoms with Crippen LogP contribution in [0, 0.1) is 5.92 Å². The molecule has 212 valence electrons. The number of rotatable bonds is 9. The van der Waals surface area contributed by atoms with Crippen LogP contribution in [0.4, 0.5) is 13.2 Å². The highest BCUT2D eigenvalue weighted by Crippen LogP contribution is 2.31. The van der Waals surface area contributed by atoms with Gasteiger partial charge in [-0.3, -0.25) is 14.5 Å². The summed E-state index contributed by atoms with van der Waals surface area (Å²) in [6.07, 6.45) is -1.52. The largest absolute Gasteiger partial charge is 0.480 e. The average Bonchev–Trinajstić information content (AvgIpc) is 3.37. The fourth-order valence-electron chi connectivity index (χ4n) is 5.35. The van der Waals surface area contributed by atoms with Crippen molar-refractivity contribution < 1.29 is 36.3 Å². The summed E-state index contributed by atoms with van der Waals surface area (Å²) in [5.74, 6) is -1.38. The quantitative estimate of drug-likeness (QED) is 0.423. The van der Waals surface area contributed by atoms with E-state index >= 15 is 0 Å². The van der Waals surface area contributed by atoms with E-state index in [-0.39, 0.29) is 16.7 Å². The third-order valence-corrected chi connectivity index (χ3v) is 9.03. The Hall–Kier alpha value is -2.96. The Morgan fingerprint density at radius 3 is 2.21 bits per heavy atom. The van der Waals surface area contributed by atoms with Crippen LogP contribution in [0.25, 0.3) is 0 Å². The number of hydrogen-bond acceptors (Lipinski definition) is 5. The molecule has 2 aliphatic rings. The van der Waals surface area contributed by atoms with Crippen molar-refractivity contribution in [3.63, 3.8) is 0 Å². The number of carbonyl (C=O) groups is 2. The first-order valence-corrected chi connectivity index (χ1v) is 14.4. The molecule has 1 saturated heterocycles. The average molecular weight is 568 g/mol. The standard InChI is InChI=1S/C27H32F3N3O5S/c28-27(29,30)20-10-14-22(15-11-20)39(37,38)32-21-12-8-19(9-13-21)25(34)31-23(18-5-2-1-3-6-18)17-33-16-4-7-24(33)26(35)36/h1-3,5-6,10-11,14-15,19,21,23-24,32H,4,7-9,12-13,16-17H2,(H,31,34)(H,35,36)/t19?,21?,23-,24?/m1/s1. The van der Waals surface area contributed by atoms with Gasteiger partial charge in [0.15, 0.2) is 0 Å². The maximum absolute atomic E-state index is 13.2. The molecule has 1 unspecified atom stereocenters. The molecule has 1 aliphatic carbocycles. The lowest BCUT2D eigenvalue weighted by atomic mass is 9.85. The van der Waals surface area contributed by atoms with Gasteiger partial charge < -0.3 is 10.4 Å². The van der Waals surface area contributed by atoms with Crippen LogP contribution in [0.3, 0.4) is 0 Å². The van der Waals surface area contributed by atoms with Gasteiger partial charge in [0.05, 0.1) is 16.5 Å². The lowest BCUT2D eigenvalue weighted by molar-refractivity contribution is -0.142. The first-order valence-electron chi connectivity index (χ1n) is 13.0. The summed E-state index contributed by atoms with van der Waals surface area (Å²) in [6.45, 7) is 1.01. The number of alkyl halides is 3. The van der Waals surface area contributed by atoms with E-state index in [1.807, 2.05) is 35.2 Å². The van der Waals surface area contributed by atoms with E-state index < -0.39 is 45.9 Å². The van der Waals surface area contributed by atoms with Crippen LogP contribution in [0.15, 0.2) is 59.5 Å². The molecule has 12 heteroatoms. The van der Waals surface area contributed by atoms with E-state index in [1.54, 1.807) is 0 Å². The number of nitrogens with one attached hydrogen (secondary N) is 2. The minimum atomic E-state index is -4.55. The summed E-state index contributed by atoms with van der Waals surface area (Å²) < 4.78 is 66.3. The molecular weight excluding hydrogens is 535 g/mol. The molecule has 1 amide bonds. The topological polar surface area (TPSA) is 116 Å². The molecule has 0 radical (unpaired) electrons. The van der Waals surface area contributed by atoms with E-state index in [0.29, 0.717) is 45.2 Å². The summed E-state index contributed by atoms with van der Waals surface area (Å²) in [5, 5.41) is 12.6. The minimum absolute atomic E-state index is 0.168. The Morgan fingerprint density at radius 1 is 0.974 bits per heavy atom. The summed E-state index contributed by atoms with van der Waals surface area (Å²) in [7, 11) is -4.01. The van der Waals surface area contributed by atoms with Crippen LogP contribution in [0.5, 0.6) is 0 Å². The van der Waals surface area contributed by atoms with Crippen molar-refractivity contribution in [3.8, 4) is 0 Å². The molecule has 3 N–H and O–H groups in total. The zero-order valence-corrected chi connectivity index (χ0v) is 22.0. The van der Waals surface area contributed by atoms with Crippen molar-refractivity contribution in [2.45, 2.75) is 67.7 Å². The predicted octanol–water partition coefficient (Wildman–Crippen LogP) is 3.95. The van der Waals surface area contributed by atoms with Gasteiger partial charge in [-0.15, -0.1) is 0 Å². The third-order valence-electron chi connectivity index (χ3n) is 7.50. The van der Waals surface area contributed by atoms with Gasteiger partial charge in [0.2, 0.25) is 15.9 Å². The van der Waals surface area contributed by atoms with Crippen molar-refractivity contribution in [2.75, 3.05) is 13.1 Å². The van der Waals surface area contributed by atoms with Gasteiger partial charge in [-0.2, -0.15) is 13.2 Å². The zero-order chi connectivity index (χ0) is 28.2. The van der Waals surface area contributed by atoms with Gasteiger partial charge in [-0.25, -0.2) is 13.1 Å². The normalized spacial score (nSPS) is 23.3. The molecule has 1 heterocycles. The summed E-state index contributed by atoms with van der Waals surface area (Å²) in [5.41, 5.74) is -0.0511. The molecule has 1 saturated carbocycles. The molecule has 0 aromatic heterocycles. The first-order chi connectivity index (χ1) is 18.4. The van der Waals surface area contributed by atoms with Crippen LogP contribution >= 0.6 is 0 Å². The summed E-state index contributed by atoms with van der Waals surface area (Å²) in [6, 6.07) is 11.3. The number of benzene rings is 2. The highest BCUT2D eigenvalue weighted by atomic mass is 32.2. The van der Waals surface area contributed by atoms with Crippen molar-refractivity contribution in [1.29, 1.82) is 0 Å². The molecule has 8 nitrogen and oxygen atoms in total. The van der Waals surface area contributed by atoms with E-state index in [9.17, 15) is 36.3 Å². The fraction of sp³-hybridized carbons (Fsp3) is 0.481. The van der Waals surface area contributed by atoms with E-state index in [4.69, 9.17) is 0 Å². The maximum atomic E-state index is 13.2. The molecule has 2 aromatic rings. The Kier molecular flexibility index (Phi) is 8.97. The van der Waals surface area contributed by atoms with Crippen LogP contribution < -0.4 is 10.0 Å². The minimum Gasteiger partial charge on any atom is -0.480 e. The van der Waals surface area contributed by atoms with Gasteiger partial charge in [0.1, 0.15) is 6.04 Å². The molecule has 2 fully saturated rings. The molecule has 39 heavy (non-hydrogen) atoms. The van der Waals surface area contributed by atoms with Crippen LogP contribution in [0.1, 0.15) is 55.7 Å². The van der Waals surface area contributed by atoms with Gasteiger partial charge in [0.25, 0.3) is 0 Å². The summed E-state index contributed by atoms with van der Waals surface area (Å²) >= 11 is 0. The van der Waals surface area contributed by atoms with Crippen molar-refractivity contribution in [1.82, 2.24) is 14.9 Å². The number of sulfonamides is 1. The Morgan fingerprint density at radius 2 is 1.62 bits per heavy atom. The second-order valence-electron chi connectivity index (χ2n) is 10.2. The molecule has 0 spiro atoms. The van der Waals surface area contributed by atoms with Gasteiger partial charge in [-0.1, -0.05) is 30.3 Å². The van der Waals surface area contributed by atoms with E-state index in [0.717, 1.165) is 36.2 Å². The highest BCUT2D eigenvalue weighted by Gasteiger charge is 2.35. The molecule has 4 rings (SSSR count). The lowest BCUT2D eigenvalue weighted by Crippen LogP contribution is -2.45. The Bertz CT molecular complexity index is 1250. The number of carbonyl (C=O) groups excluding carboxylic acids is 1. The molecule has 1 aliphatic heterocycles. The number of aliphatic carboxylic acids is 1. The molecule has 0 bridgehead atoms. The second kappa shape index (κ2) is 12.1. The van der Waals surface area contributed by atoms with Gasteiger partial charge in [-0.05, 0) is 74.9 Å². The monoisotopic (exact) mass is 567 g/mol. The van der Waals surface area contributed by atoms with Crippen molar-refractivity contribution in [3.05, 3.63) is 65.7 Å². The van der Waals surface area contributed by atoms with Crippen molar-refractivity contribution in [2.24, 2.45) is 5.92 Å². The number of halogens is 3. The fourth-order valence-corrected chi connectivity index (χ4v) is 6.66. The Balaban J connectivity index is 1.35. The van der Waals surface area contributed by atoms with Crippen LogP contribution in [-0.2, 0) is 25.8 Å². The lowest BCUT2D eigenvalue weighted by Gasteiger charge is -2.31. The maximum Gasteiger partial charge on any atom is 0.416 e. The SMILES string of the molecule is O=C(N[C@H](CN1CCCC1C(=O)O)c1ccccc1)C1CCC(NS(=O)(=O)c2ccc(C(F)(F)F)cc2)CC1. The smallest absolute Gasteiger partial charge is 0.416 e. The second-order valence-corrected chi connectivity index (χ2v) is 11.9. The van der Waals surface area contributed by atoms with Crippen molar-refractivity contribution >= 4 is 21.9 Å². The number of carboxylic acids is 1. The molecular formula is C27H32F3N3O5S. The van der Waals surface area contributed by atoms with Gasteiger partial charge in [0, 0.05) is 18.5 Å². The Labute approximate surface area is 225 Å². The van der Waals surface area contributed by atoms with Gasteiger partial charge >= 0.3 is 12.1 Å². The number of nitrogens with zero attached hydrogens (tertiary/aromatic N) is 1.